The standard InChI is InChI=1S/C30H35N3O7/c1-19-9-11-22(15-20(19)2)33(27(34)18-32-29(35)25-8-6-14-40-25)28(30(36)31-17-23-7-5-13-39-23)21-10-12-24(37-3)26(16-21)38-4/h6,8-12,14-16,23,28H,5,7,13,17-18H2,1-4H3,(H,31,36)(H,32,35)/t23-,28+/m1/s1. The zero-order valence-electron chi connectivity index (χ0n) is 23.2. The minimum Gasteiger partial charge on any atom is -0.493 e. The molecule has 1 saturated heterocycles. The van der Waals surface area contributed by atoms with Crippen LogP contribution < -0.4 is 25.0 Å². The van der Waals surface area contributed by atoms with Gasteiger partial charge in [0.05, 0.1) is 33.1 Å². The Morgan fingerprint density at radius 2 is 1.80 bits per heavy atom. The molecule has 10 nitrogen and oxygen atoms in total. The summed E-state index contributed by atoms with van der Waals surface area (Å²) in [4.78, 5) is 41.8. The van der Waals surface area contributed by atoms with Gasteiger partial charge in [-0.05, 0) is 79.8 Å². The molecule has 1 aliphatic heterocycles. The summed E-state index contributed by atoms with van der Waals surface area (Å²) in [5.41, 5.74) is 2.99. The van der Waals surface area contributed by atoms with Crippen LogP contribution in [0.4, 0.5) is 5.69 Å². The Balaban J connectivity index is 1.73. The fourth-order valence-corrected chi connectivity index (χ4v) is 4.61. The van der Waals surface area contributed by atoms with Gasteiger partial charge in [0.1, 0.15) is 6.04 Å². The number of amides is 3. The zero-order valence-corrected chi connectivity index (χ0v) is 23.2. The first-order valence-corrected chi connectivity index (χ1v) is 13.1. The van der Waals surface area contributed by atoms with E-state index in [1.54, 1.807) is 30.3 Å². The lowest BCUT2D eigenvalue weighted by Crippen LogP contribution is -2.48. The molecule has 0 unspecified atom stereocenters. The molecule has 2 aromatic carbocycles. The topological polar surface area (TPSA) is 119 Å². The van der Waals surface area contributed by atoms with E-state index in [1.807, 2.05) is 26.0 Å². The minimum absolute atomic E-state index is 0.0799. The van der Waals surface area contributed by atoms with E-state index in [0.717, 1.165) is 24.0 Å². The summed E-state index contributed by atoms with van der Waals surface area (Å²) in [7, 11) is 3.03. The maximum Gasteiger partial charge on any atom is 0.287 e. The molecule has 40 heavy (non-hydrogen) atoms. The maximum atomic E-state index is 13.9. The van der Waals surface area contributed by atoms with Crippen LogP contribution in [0.1, 0.15) is 46.1 Å². The number of ether oxygens (including phenoxy) is 3. The van der Waals surface area contributed by atoms with Crippen molar-refractivity contribution in [1.29, 1.82) is 0 Å². The van der Waals surface area contributed by atoms with Crippen LogP contribution in [-0.2, 0) is 14.3 Å². The highest BCUT2D eigenvalue weighted by Gasteiger charge is 2.34. The third-order valence-electron chi connectivity index (χ3n) is 6.94. The van der Waals surface area contributed by atoms with Crippen molar-refractivity contribution >= 4 is 23.4 Å². The first-order valence-electron chi connectivity index (χ1n) is 13.1. The Labute approximate surface area is 233 Å². The van der Waals surface area contributed by atoms with Crippen LogP contribution in [0.3, 0.4) is 0 Å². The number of benzene rings is 2. The van der Waals surface area contributed by atoms with E-state index in [9.17, 15) is 14.4 Å². The monoisotopic (exact) mass is 549 g/mol. The van der Waals surface area contributed by atoms with E-state index in [0.29, 0.717) is 35.9 Å². The second kappa shape index (κ2) is 13.2. The van der Waals surface area contributed by atoms with Crippen LogP contribution in [0, 0.1) is 13.8 Å². The van der Waals surface area contributed by atoms with Crippen molar-refractivity contribution in [3.63, 3.8) is 0 Å². The van der Waals surface area contributed by atoms with E-state index in [2.05, 4.69) is 10.6 Å². The highest BCUT2D eigenvalue weighted by atomic mass is 16.5. The van der Waals surface area contributed by atoms with Crippen LogP contribution >= 0.6 is 0 Å². The normalized spacial score (nSPS) is 15.2. The van der Waals surface area contributed by atoms with E-state index >= 15 is 0 Å². The molecule has 3 aromatic rings. The van der Waals surface area contributed by atoms with Crippen molar-refractivity contribution in [2.24, 2.45) is 0 Å². The Hall–Kier alpha value is -4.31. The highest BCUT2D eigenvalue weighted by Crippen LogP contribution is 2.35. The summed E-state index contributed by atoms with van der Waals surface area (Å²) >= 11 is 0. The number of hydrogen-bond donors (Lipinski definition) is 2. The first kappa shape index (κ1) is 28.7. The lowest BCUT2D eigenvalue weighted by molar-refractivity contribution is -0.126. The molecule has 2 atom stereocenters. The van der Waals surface area contributed by atoms with Gasteiger partial charge in [0.25, 0.3) is 5.91 Å². The fraction of sp³-hybridized carbons (Fsp3) is 0.367. The molecule has 4 rings (SSSR count). The molecule has 0 saturated carbocycles. The minimum atomic E-state index is -1.09. The van der Waals surface area contributed by atoms with E-state index in [4.69, 9.17) is 18.6 Å². The first-order chi connectivity index (χ1) is 19.3. The van der Waals surface area contributed by atoms with Crippen LogP contribution in [0.15, 0.2) is 59.2 Å². The summed E-state index contributed by atoms with van der Waals surface area (Å²) < 4.78 is 21.7. The van der Waals surface area contributed by atoms with Gasteiger partial charge >= 0.3 is 0 Å². The molecule has 1 fully saturated rings. The Morgan fingerprint density at radius 3 is 2.45 bits per heavy atom. The van der Waals surface area contributed by atoms with E-state index in [-0.39, 0.29) is 18.4 Å². The highest BCUT2D eigenvalue weighted by molar-refractivity contribution is 6.04. The number of furan rings is 1. The number of rotatable bonds is 11. The van der Waals surface area contributed by atoms with Crippen molar-refractivity contribution in [1.82, 2.24) is 10.6 Å². The summed E-state index contributed by atoms with van der Waals surface area (Å²) in [6.45, 7) is 4.50. The Kier molecular flexibility index (Phi) is 9.44. The van der Waals surface area contributed by atoms with Gasteiger partial charge in [-0.25, -0.2) is 0 Å². The fourth-order valence-electron chi connectivity index (χ4n) is 4.61. The van der Waals surface area contributed by atoms with Gasteiger partial charge in [0.2, 0.25) is 11.8 Å². The number of carbonyl (C=O) groups excluding carboxylic acids is 3. The van der Waals surface area contributed by atoms with Gasteiger partial charge in [-0.2, -0.15) is 0 Å². The van der Waals surface area contributed by atoms with Crippen LogP contribution in [0.5, 0.6) is 11.5 Å². The summed E-state index contributed by atoms with van der Waals surface area (Å²) in [6, 6.07) is 12.6. The van der Waals surface area contributed by atoms with Gasteiger partial charge < -0.3 is 29.3 Å². The van der Waals surface area contributed by atoms with Crippen molar-refractivity contribution < 1.29 is 33.0 Å². The van der Waals surface area contributed by atoms with Crippen molar-refractivity contribution in [3.05, 3.63) is 77.2 Å². The second-order valence-electron chi connectivity index (χ2n) is 9.59. The van der Waals surface area contributed by atoms with Crippen LogP contribution in [0.2, 0.25) is 0 Å². The SMILES string of the molecule is COc1ccc([C@@H](C(=O)NC[C@H]2CCCO2)N(C(=O)CNC(=O)c2ccco2)c2ccc(C)c(C)c2)cc1OC. The molecule has 0 bridgehead atoms. The van der Waals surface area contributed by atoms with Gasteiger partial charge in [0.15, 0.2) is 17.3 Å². The number of nitrogens with zero attached hydrogens (tertiary/aromatic N) is 1. The molecular formula is C30H35N3O7. The predicted octanol–water partition coefficient (Wildman–Crippen LogP) is 3.71. The van der Waals surface area contributed by atoms with Crippen molar-refractivity contribution in [2.45, 2.75) is 38.8 Å². The average molecular weight is 550 g/mol. The van der Waals surface area contributed by atoms with Gasteiger partial charge in [-0.1, -0.05) is 12.1 Å². The van der Waals surface area contributed by atoms with Crippen LogP contribution in [0.25, 0.3) is 0 Å². The van der Waals surface area contributed by atoms with Crippen LogP contribution in [-0.4, -0.2) is 57.7 Å². The molecule has 1 aromatic heterocycles. The molecule has 0 aliphatic carbocycles. The Bertz CT molecular complexity index is 1330. The Morgan fingerprint density at radius 1 is 1.00 bits per heavy atom. The number of nitrogens with one attached hydrogen (secondary N) is 2. The van der Waals surface area contributed by atoms with Gasteiger partial charge in [0, 0.05) is 18.8 Å². The molecule has 3 amide bonds. The molecular weight excluding hydrogens is 514 g/mol. The third-order valence-corrected chi connectivity index (χ3v) is 6.94. The molecule has 10 heteroatoms. The third kappa shape index (κ3) is 6.63. The number of hydrogen-bond acceptors (Lipinski definition) is 7. The lowest BCUT2D eigenvalue weighted by Gasteiger charge is -2.32. The molecule has 1 aliphatic rings. The maximum absolute atomic E-state index is 13.9. The summed E-state index contributed by atoms with van der Waals surface area (Å²) in [5.74, 6) is -0.447. The second-order valence-corrected chi connectivity index (χ2v) is 9.59. The number of carbonyl (C=O) groups is 3. The summed E-state index contributed by atoms with van der Waals surface area (Å²) in [6.07, 6.45) is 3.07. The van der Waals surface area contributed by atoms with E-state index in [1.165, 1.54) is 31.4 Å². The molecule has 0 radical (unpaired) electrons. The molecule has 2 N–H and O–H groups in total. The van der Waals surface area contributed by atoms with Gasteiger partial charge in [-0.15, -0.1) is 0 Å². The largest absolute Gasteiger partial charge is 0.493 e. The average Bonchev–Trinajstić information content (AvgIpc) is 3.69. The quantitative estimate of drug-likeness (QED) is 0.374. The molecule has 0 spiro atoms. The molecule has 2 heterocycles. The van der Waals surface area contributed by atoms with Gasteiger partial charge in [-0.3, -0.25) is 19.3 Å². The number of aryl methyl sites for hydroxylation is 2. The summed E-state index contributed by atoms with van der Waals surface area (Å²) in [5, 5.41) is 5.58. The smallest absolute Gasteiger partial charge is 0.287 e. The number of anilines is 1. The number of methoxy groups -OCH3 is 2. The molecule has 212 valence electrons. The van der Waals surface area contributed by atoms with Crippen molar-refractivity contribution in [3.8, 4) is 11.5 Å². The predicted molar refractivity (Wildman–Crippen MR) is 149 cm³/mol. The zero-order chi connectivity index (χ0) is 28.6. The van der Waals surface area contributed by atoms with E-state index < -0.39 is 23.8 Å². The van der Waals surface area contributed by atoms with Crippen molar-refractivity contribution in [2.75, 3.05) is 38.8 Å². The lowest BCUT2D eigenvalue weighted by atomic mass is 10.0.